The molecule has 0 amide bonds. The highest BCUT2D eigenvalue weighted by Gasteiger charge is 2.00. The lowest BCUT2D eigenvalue weighted by atomic mass is 10.2. The summed E-state index contributed by atoms with van der Waals surface area (Å²) in [6.45, 7) is 1.59. The van der Waals surface area contributed by atoms with Gasteiger partial charge in [-0.3, -0.25) is 4.99 Å². The summed E-state index contributed by atoms with van der Waals surface area (Å²) in [6, 6.07) is 20.7. The van der Waals surface area contributed by atoms with Crippen LogP contribution >= 0.6 is 11.8 Å². The Morgan fingerprint density at radius 3 is 2.54 bits per heavy atom. The molecule has 0 aliphatic rings. The van der Waals surface area contributed by atoms with Gasteiger partial charge in [-0.1, -0.05) is 30.3 Å². The molecule has 0 unspecified atom stereocenters. The number of benzene rings is 2. The average molecular weight is 366 g/mol. The van der Waals surface area contributed by atoms with Gasteiger partial charge in [0.2, 0.25) is 0 Å². The van der Waals surface area contributed by atoms with E-state index in [9.17, 15) is 0 Å². The van der Waals surface area contributed by atoms with E-state index in [0.717, 1.165) is 30.5 Å². The van der Waals surface area contributed by atoms with Crippen molar-refractivity contribution >= 4 is 17.7 Å². The Morgan fingerprint density at radius 2 is 1.85 bits per heavy atom. The molecule has 0 aliphatic carbocycles. The highest BCUT2D eigenvalue weighted by molar-refractivity contribution is 7.99. The van der Waals surface area contributed by atoms with E-state index in [1.807, 2.05) is 34.8 Å². The van der Waals surface area contributed by atoms with Crippen molar-refractivity contribution in [3.05, 3.63) is 78.6 Å². The summed E-state index contributed by atoms with van der Waals surface area (Å²) in [4.78, 5) is 5.56. The molecule has 0 radical (unpaired) electrons. The van der Waals surface area contributed by atoms with Crippen LogP contribution in [0.4, 0.5) is 0 Å². The molecule has 5 nitrogen and oxygen atoms in total. The Balaban J connectivity index is 1.41. The maximum absolute atomic E-state index is 4.28. The van der Waals surface area contributed by atoms with Crippen LogP contribution < -0.4 is 10.6 Å². The molecule has 2 aromatic carbocycles. The number of rotatable bonds is 7. The second-order valence-electron chi connectivity index (χ2n) is 5.63. The first kappa shape index (κ1) is 18.1. The largest absolute Gasteiger partial charge is 0.356 e. The quantitative estimate of drug-likeness (QED) is 0.292. The minimum absolute atomic E-state index is 0.727. The summed E-state index contributed by atoms with van der Waals surface area (Å²) in [7, 11) is 1.79. The molecule has 0 atom stereocenters. The molecule has 0 bridgehead atoms. The van der Waals surface area contributed by atoms with Crippen molar-refractivity contribution in [3.63, 3.8) is 0 Å². The van der Waals surface area contributed by atoms with E-state index in [1.54, 1.807) is 13.2 Å². The van der Waals surface area contributed by atoms with Crippen molar-refractivity contribution < 1.29 is 0 Å². The van der Waals surface area contributed by atoms with E-state index in [-0.39, 0.29) is 0 Å². The lowest BCUT2D eigenvalue weighted by Gasteiger charge is -2.12. The Bertz CT molecular complexity index is 798. The lowest BCUT2D eigenvalue weighted by Crippen LogP contribution is -2.37. The van der Waals surface area contributed by atoms with E-state index in [0.29, 0.717) is 0 Å². The van der Waals surface area contributed by atoms with E-state index >= 15 is 0 Å². The fourth-order valence-electron chi connectivity index (χ4n) is 2.45. The zero-order chi connectivity index (χ0) is 18.0. The SMILES string of the molecule is CN=C(NCCSc1ccccc1)NCc1ccc(-n2cccn2)cc1. The Labute approximate surface area is 158 Å². The van der Waals surface area contributed by atoms with Crippen molar-refractivity contribution in [3.8, 4) is 5.69 Å². The Kier molecular flexibility index (Phi) is 6.73. The molecule has 0 saturated heterocycles. The van der Waals surface area contributed by atoms with Crippen molar-refractivity contribution in [2.24, 2.45) is 4.99 Å². The summed E-state index contributed by atoms with van der Waals surface area (Å²) < 4.78 is 1.85. The summed E-state index contributed by atoms with van der Waals surface area (Å²) in [6.07, 6.45) is 3.72. The molecule has 2 N–H and O–H groups in total. The van der Waals surface area contributed by atoms with Crippen LogP contribution in [0.1, 0.15) is 5.56 Å². The van der Waals surface area contributed by atoms with Gasteiger partial charge in [-0.05, 0) is 35.9 Å². The fraction of sp³-hybridized carbons (Fsp3) is 0.200. The van der Waals surface area contributed by atoms with Gasteiger partial charge in [-0.15, -0.1) is 11.8 Å². The first-order valence-corrected chi connectivity index (χ1v) is 9.55. The third-order valence-corrected chi connectivity index (χ3v) is 4.81. The molecule has 3 rings (SSSR count). The molecule has 0 saturated carbocycles. The fourth-order valence-corrected chi connectivity index (χ4v) is 3.24. The molecule has 3 aromatic rings. The van der Waals surface area contributed by atoms with Gasteiger partial charge in [0.15, 0.2) is 5.96 Å². The van der Waals surface area contributed by atoms with Crippen molar-refractivity contribution in [1.82, 2.24) is 20.4 Å². The number of nitrogens with zero attached hydrogens (tertiary/aromatic N) is 3. The molecular weight excluding hydrogens is 342 g/mol. The van der Waals surface area contributed by atoms with E-state index in [1.165, 1.54) is 10.5 Å². The minimum Gasteiger partial charge on any atom is -0.356 e. The topological polar surface area (TPSA) is 54.2 Å². The smallest absolute Gasteiger partial charge is 0.191 e. The number of hydrogen-bond acceptors (Lipinski definition) is 3. The van der Waals surface area contributed by atoms with Gasteiger partial charge in [0.25, 0.3) is 0 Å². The predicted molar refractivity (Wildman–Crippen MR) is 109 cm³/mol. The van der Waals surface area contributed by atoms with E-state index < -0.39 is 0 Å². The number of thioether (sulfide) groups is 1. The molecule has 1 heterocycles. The van der Waals surface area contributed by atoms with Crippen LogP contribution in [0.3, 0.4) is 0 Å². The van der Waals surface area contributed by atoms with Crippen molar-refractivity contribution in [2.75, 3.05) is 19.3 Å². The van der Waals surface area contributed by atoms with Gasteiger partial charge in [-0.2, -0.15) is 5.10 Å². The Morgan fingerprint density at radius 1 is 1.04 bits per heavy atom. The molecule has 0 spiro atoms. The van der Waals surface area contributed by atoms with Gasteiger partial charge in [0.1, 0.15) is 0 Å². The molecule has 0 fully saturated rings. The zero-order valence-corrected chi connectivity index (χ0v) is 15.6. The van der Waals surface area contributed by atoms with Crippen LogP contribution in [-0.4, -0.2) is 35.1 Å². The number of hydrogen-bond donors (Lipinski definition) is 2. The van der Waals surface area contributed by atoms with Gasteiger partial charge in [0.05, 0.1) is 5.69 Å². The first-order valence-electron chi connectivity index (χ1n) is 8.56. The predicted octanol–water partition coefficient (Wildman–Crippen LogP) is 3.33. The maximum Gasteiger partial charge on any atom is 0.191 e. The van der Waals surface area contributed by atoms with Crippen LogP contribution in [0.5, 0.6) is 0 Å². The van der Waals surface area contributed by atoms with Crippen LogP contribution in [0.25, 0.3) is 5.69 Å². The molecule has 26 heavy (non-hydrogen) atoms. The third-order valence-electron chi connectivity index (χ3n) is 3.80. The van der Waals surface area contributed by atoms with Crippen LogP contribution in [-0.2, 0) is 6.54 Å². The van der Waals surface area contributed by atoms with Gasteiger partial charge in [0, 0.05) is 43.2 Å². The van der Waals surface area contributed by atoms with E-state index in [2.05, 4.69) is 69.3 Å². The van der Waals surface area contributed by atoms with Crippen molar-refractivity contribution in [2.45, 2.75) is 11.4 Å². The number of nitrogens with one attached hydrogen (secondary N) is 2. The molecule has 6 heteroatoms. The number of aliphatic imine (C=N–C) groups is 1. The van der Waals surface area contributed by atoms with Gasteiger partial charge in [-0.25, -0.2) is 4.68 Å². The van der Waals surface area contributed by atoms with E-state index in [4.69, 9.17) is 0 Å². The average Bonchev–Trinajstić information content (AvgIpc) is 3.23. The van der Waals surface area contributed by atoms with Crippen LogP contribution in [0, 0.1) is 0 Å². The van der Waals surface area contributed by atoms with Crippen LogP contribution in [0.15, 0.2) is 82.9 Å². The molecule has 134 valence electrons. The summed E-state index contributed by atoms with van der Waals surface area (Å²) in [5.41, 5.74) is 2.25. The minimum atomic E-state index is 0.727. The maximum atomic E-state index is 4.28. The molecule has 0 aliphatic heterocycles. The molecule has 1 aromatic heterocycles. The third kappa shape index (κ3) is 5.39. The monoisotopic (exact) mass is 365 g/mol. The second kappa shape index (κ2) is 9.68. The highest BCUT2D eigenvalue weighted by atomic mass is 32.2. The Hall–Kier alpha value is -2.73. The van der Waals surface area contributed by atoms with Gasteiger partial charge >= 0.3 is 0 Å². The second-order valence-corrected chi connectivity index (χ2v) is 6.80. The zero-order valence-electron chi connectivity index (χ0n) is 14.8. The van der Waals surface area contributed by atoms with Crippen LogP contribution in [0.2, 0.25) is 0 Å². The van der Waals surface area contributed by atoms with Gasteiger partial charge < -0.3 is 10.6 Å². The summed E-state index contributed by atoms with van der Waals surface area (Å²) >= 11 is 1.83. The lowest BCUT2D eigenvalue weighted by molar-refractivity contribution is 0.830. The highest BCUT2D eigenvalue weighted by Crippen LogP contribution is 2.15. The normalized spacial score (nSPS) is 11.3. The number of guanidine groups is 1. The summed E-state index contributed by atoms with van der Waals surface area (Å²) in [5.74, 6) is 1.80. The van der Waals surface area contributed by atoms with Crippen molar-refractivity contribution in [1.29, 1.82) is 0 Å². The summed E-state index contributed by atoms with van der Waals surface area (Å²) in [5, 5.41) is 10.9. The number of aromatic nitrogens is 2. The molecular formula is C20H23N5S. The standard InChI is InChI=1S/C20H23N5S/c1-21-20(22-13-15-26-19-6-3-2-4-7-19)23-16-17-8-10-18(11-9-17)25-14-5-12-24-25/h2-12,14H,13,15-16H2,1H3,(H2,21,22,23). The first-order chi connectivity index (χ1) is 12.8.